The summed E-state index contributed by atoms with van der Waals surface area (Å²) in [4.78, 5) is 24.6. The summed E-state index contributed by atoms with van der Waals surface area (Å²) in [6, 6.07) is 13.9. The van der Waals surface area contributed by atoms with Gasteiger partial charge in [-0.05, 0) is 36.5 Å². The Labute approximate surface area is 167 Å². The maximum atomic E-state index is 13.4. The van der Waals surface area contributed by atoms with Crippen LogP contribution in [0.1, 0.15) is 18.4 Å². The Morgan fingerprint density at radius 3 is 2.79 bits per heavy atom. The maximum absolute atomic E-state index is 13.4. The van der Waals surface area contributed by atoms with E-state index in [9.17, 15) is 19.3 Å². The van der Waals surface area contributed by atoms with Crippen LogP contribution in [0.5, 0.6) is 0 Å². The molecule has 1 aliphatic heterocycles. The molecule has 1 saturated carbocycles. The van der Waals surface area contributed by atoms with Crippen LogP contribution in [-0.2, 0) is 11.3 Å². The third-order valence-electron chi connectivity index (χ3n) is 5.90. The maximum Gasteiger partial charge on any atom is 0.411 e. The highest BCUT2D eigenvalue weighted by Crippen LogP contribution is 2.43. The van der Waals surface area contributed by atoms with Gasteiger partial charge in [-0.3, -0.25) is 20.3 Å². The number of rotatable bonds is 6. The summed E-state index contributed by atoms with van der Waals surface area (Å²) < 4.78 is 18.8. The van der Waals surface area contributed by atoms with Gasteiger partial charge in [0.2, 0.25) is 5.82 Å². The van der Waals surface area contributed by atoms with Gasteiger partial charge in [0.25, 0.3) is 0 Å². The molecule has 0 radical (unpaired) electrons. The number of halogens is 1. The molecule has 7 nitrogen and oxygen atoms in total. The number of nitro benzene ring substituents is 1. The first-order valence-electron chi connectivity index (χ1n) is 9.67. The first-order chi connectivity index (χ1) is 14.0. The summed E-state index contributed by atoms with van der Waals surface area (Å²) in [7, 11) is 0. The Kier molecular flexibility index (Phi) is 5.44. The van der Waals surface area contributed by atoms with E-state index < -0.39 is 22.5 Å². The predicted molar refractivity (Wildman–Crippen MR) is 105 cm³/mol. The topological polar surface area (TPSA) is 84.7 Å². The van der Waals surface area contributed by atoms with Gasteiger partial charge in [-0.25, -0.2) is 4.79 Å². The van der Waals surface area contributed by atoms with Crippen LogP contribution >= 0.6 is 0 Å². The Hall–Kier alpha value is -3.00. The van der Waals surface area contributed by atoms with Crippen molar-refractivity contribution >= 4 is 17.5 Å². The minimum atomic E-state index is -0.949. The molecular weight excluding hydrogens is 377 g/mol. The fourth-order valence-corrected chi connectivity index (χ4v) is 4.55. The molecule has 0 spiro atoms. The predicted octanol–water partition coefficient (Wildman–Crippen LogP) is 4.19. The third kappa shape index (κ3) is 4.22. The van der Waals surface area contributed by atoms with Gasteiger partial charge in [-0.1, -0.05) is 30.3 Å². The van der Waals surface area contributed by atoms with Crippen LogP contribution in [-0.4, -0.2) is 35.1 Å². The van der Waals surface area contributed by atoms with Crippen molar-refractivity contribution < 1.29 is 18.8 Å². The molecule has 152 valence electrons. The van der Waals surface area contributed by atoms with E-state index in [1.54, 1.807) is 0 Å². The number of benzene rings is 2. The molecule has 4 rings (SSSR count). The molecule has 2 aliphatic rings. The molecule has 2 fully saturated rings. The van der Waals surface area contributed by atoms with E-state index in [1.807, 2.05) is 18.2 Å². The minimum Gasteiger partial charge on any atom is -0.449 e. The molecule has 1 amide bonds. The Bertz CT molecular complexity index is 908. The van der Waals surface area contributed by atoms with E-state index in [2.05, 4.69) is 22.3 Å². The molecule has 8 heteroatoms. The van der Waals surface area contributed by atoms with Gasteiger partial charge < -0.3 is 4.74 Å². The summed E-state index contributed by atoms with van der Waals surface area (Å²) >= 11 is 0. The molecule has 1 heterocycles. The van der Waals surface area contributed by atoms with E-state index in [-0.39, 0.29) is 11.6 Å². The number of likely N-dealkylation sites (tertiary alicyclic amines) is 1. The second-order valence-corrected chi connectivity index (χ2v) is 7.63. The van der Waals surface area contributed by atoms with Crippen LogP contribution in [0.3, 0.4) is 0 Å². The first-order valence-corrected chi connectivity index (χ1v) is 9.67. The summed E-state index contributed by atoms with van der Waals surface area (Å²) in [6.07, 6.45) is 1.54. The van der Waals surface area contributed by atoms with Crippen LogP contribution in [0, 0.1) is 27.8 Å². The van der Waals surface area contributed by atoms with Crippen molar-refractivity contribution in [3.05, 3.63) is 70.0 Å². The molecule has 1 N–H and O–H groups in total. The standard InChI is InChI=1S/C21H22FN3O4/c22-18-8-7-16(10-20(18)25(27)28)23-21(26)29-13-17-15-6-9-19(17)24(12-15)11-14-4-2-1-3-5-14/h1-5,7-8,10,15,17,19H,6,9,11-13H2,(H,23,26). The zero-order chi connectivity index (χ0) is 20.4. The lowest BCUT2D eigenvalue weighted by Crippen LogP contribution is -2.33. The lowest BCUT2D eigenvalue weighted by atomic mass is 9.99. The number of piperidine rings is 1. The van der Waals surface area contributed by atoms with Crippen molar-refractivity contribution in [1.82, 2.24) is 4.90 Å². The average Bonchev–Trinajstić information content (AvgIpc) is 3.25. The van der Waals surface area contributed by atoms with Crippen LogP contribution < -0.4 is 5.32 Å². The quantitative estimate of drug-likeness (QED) is 0.581. The van der Waals surface area contributed by atoms with E-state index in [4.69, 9.17) is 4.74 Å². The van der Waals surface area contributed by atoms with Gasteiger partial charge in [0, 0.05) is 31.1 Å². The van der Waals surface area contributed by atoms with Gasteiger partial charge >= 0.3 is 11.8 Å². The van der Waals surface area contributed by atoms with E-state index in [0.717, 1.165) is 38.1 Å². The minimum absolute atomic E-state index is 0.128. The lowest BCUT2D eigenvalue weighted by Gasteiger charge is -2.27. The fraction of sp³-hybridized carbons (Fsp3) is 0.381. The Balaban J connectivity index is 1.32. The Morgan fingerprint density at radius 1 is 1.24 bits per heavy atom. The van der Waals surface area contributed by atoms with Gasteiger partial charge in [-0.2, -0.15) is 4.39 Å². The van der Waals surface area contributed by atoms with Crippen molar-refractivity contribution in [3.8, 4) is 0 Å². The second kappa shape index (κ2) is 8.16. The molecule has 2 aromatic carbocycles. The third-order valence-corrected chi connectivity index (χ3v) is 5.90. The van der Waals surface area contributed by atoms with Crippen LogP contribution in [0.15, 0.2) is 48.5 Å². The van der Waals surface area contributed by atoms with E-state index in [0.29, 0.717) is 18.6 Å². The van der Waals surface area contributed by atoms with Crippen LogP contribution in [0.2, 0.25) is 0 Å². The molecule has 29 heavy (non-hydrogen) atoms. The zero-order valence-corrected chi connectivity index (χ0v) is 15.8. The van der Waals surface area contributed by atoms with Gasteiger partial charge in [0.1, 0.15) is 0 Å². The molecule has 3 atom stereocenters. The van der Waals surface area contributed by atoms with Gasteiger partial charge in [-0.15, -0.1) is 0 Å². The number of hydrogen-bond acceptors (Lipinski definition) is 5. The molecule has 0 aromatic heterocycles. The highest BCUT2D eigenvalue weighted by atomic mass is 19.1. The first kappa shape index (κ1) is 19.3. The SMILES string of the molecule is O=C(Nc1ccc(F)c([N+](=O)[O-])c1)OCC1C2CCC1N(Cc1ccccc1)C2. The van der Waals surface area contributed by atoms with Crippen molar-refractivity contribution in [1.29, 1.82) is 0 Å². The number of nitrogens with zero attached hydrogens (tertiary/aromatic N) is 2. The van der Waals surface area contributed by atoms with Gasteiger partial charge in [0.05, 0.1) is 17.2 Å². The summed E-state index contributed by atoms with van der Waals surface area (Å²) in [5.41, 5.74) is 0.715. The van der Waals surface area contributed by atoms with Crippen molar-refractivity contribution in [2.45, 2.75) is 25.4 Å². The van der Waals surface area contributed by atoms with Crippen molar-refractivity contribution in [3.63, 3.8) is 0 Å². The smallest absolute Gasteiger partial charge is 0.411 e. The number of anilines is 1. The second-order valence-electron chi connectivity index (χ2n) is 7.63. The summed E-state index contributed by atoms with van der Waals surface area (Å²) in [6.45, 7) is 2.19. The number of carbonyl (C=O) groups is 1. The average molecular weight is 399 g/mol. The van der Waals surface area contributed by atoms with E-state index >= 15 is 0 Å². The number of hydrogen-bond donors (Lipinski definition) is 1. The van der Waals surface area contributed by atoms with Crippen LogP contribution in [0.25, 0.3) is 0 Å². The largest absolute Gasteiger partial charge is 0.449 e. The number of carbonyl (C=O) groups excluding carboxylic acids is 1. The highest BCUT2D eigenvalue weighted by molar-refractivity contribution is 5.85. The molecule has 1 saturated heterocycles. The number of fused-ring (bicyclic) bond motifs is 2. The molecular formula is C21H22FN3O4. The number of ether oxygens (including phenoxy) is 1. The summed E-state index contributed by atoms with van der Waals surface area (Å²) in [5.74, 6) is -0.162. The monoisotopic (exact) mass is 399 g/mol. The zero-order valence-electron chi connectivity index (χ0n) is 15.8. The summed E-state index contributed by atoms with van der Waals surface area (Å²) in [5, 5.41) is 13.3. The number of nitro groups is 1. The van der Waals surface area contributed by atoms with Crippen LogP contribution in [0.4, 0.5) is 20.6 Å². The highest BCUT2D eigenvalue weighted by Gasteiger charge is 2.46. The normalized spacial score (nSPS) is 23.1. The fourth-order valence-electron chi connectivity index (χ4n) is 4.55. The molecule has 2 aromatic rings. The number of amides is 1. The lowest BCUT2D eigenvalue weighted by molar-refractivity contribution is -0.387. The molecule has 1 aliphatic carbocycles. The molecule has 2 bridgehead atoms. The van der Waals surface area contributed by atoms with Gasteiger partial charge in [0.15, 0.2) is 0 Å². The van der Waals surface area contributed by atoms with E-state index in [1.165, 1.54) is 11.6 Å². The van der Waals surface area contributed by atoms with Crippen molar-refractivity contribution in [2.24, 2.45) is 11.8 Å². The molecule has 3 unspecified atom stereocenters. The Morgan fingerprint density at radius 2 is 2.03 bits per heavy atom. The van der Waals surface area contributed by atoms with Crippen molar-refractivity contribution in [2.75, 3.05) is 18.5 Å². The number of nitrogens with one attached hydrogen (secondary N) is 1.